The lowest BCUT2D eigenvalue weighted by atomic mass is 9.96. The van der Waals surface area contributed by atoms with E-state index in [0.717, 1.165) is 24.0 Å². The molecule has 1 aliphatic rings. The molecule has 0 bridgehead atoms. The van der Waals surface area contributed by atoms with Crippen molar-refractivity contribution in [3.63, 3.8) is 0 Å². The zero-order valence-electron chi connectivity index (χ0n) is 8.84. The molecule has 1 heterocycles. The van der Waals surface area contributed by atoms with Gasteiger partial charge >= 0.3 is 0 Å². The van der Waals surface area contributed by atoms with E-state index in [1.807, 2.05) is 18.2 Å². The third kappa shape index (κ3) is 1.53. The summed E-state index contributed by atoms with van der Waals surface area (Å²) < 4.78 is 4.81. The Morgan fingerprint density at radius 3 is 3.00 bits per heavy atom. The van der Waals surface area contributed by atoms with Crippen LogP contribution in [0, 0.1) is 5.92 Å². The maximum Gasteiger partial charge on any atom is 0.126 e. The van der Waals surface area contributed by atoms with Gasteiger partial charge in [0, 0.05) is 5.56 Å². The number of aliphatic hydroxyl groups excluding tert-OH is 1. The predicted octanol–water partition coefficient (Wildman–Crippen LogP) is 2.12. The number of rotatable bonds is 2. The molecule has 2 unspecified atom stereocenters. The van der Waals surface area contributed by atoms with E-state index in [4.69, 9.17) is 4.52 Å². The van der Waals surface area contributed by atoms with Crippen molar-refractivity contribution in [2.75, 3.05) is 0 Å². The average Bonchev–Trinajstić information content (AvgIpc) is 2.90. The van der Waals surface area contributed by atoms with Crippen LogP contribution in [0.5, 0.6) is 0 Å². The molecule has 0 radical (unpaired) electrons. The van der Waals surface area contributed by atoms with Gasteiger partial charge in [-0.1, -0.05) is 29.4 Å². The Kier molecular flexibility index (Phi) is 2.26. The monoisotopic (exact) mass is 215 g/mol. The van der Waals surface area contributed by atoms with Crippen molar-refractivity contribution in [2.24, 2.45) is 5.92 Å². The summed E-state index contributed by atoms with van der Waals surface area (Å²) >= 11 is 0. The van der Waals surface area contributed by atoms with Crippen LogP contribution in [-0.4, -0.2) is 10.3 Å². The van der Waals surface area contributed by atoms with Crippen molar-refractivity contribution < 1.29 is 9.63 Å². The van der Waals surface area contributed by atoms with Crippen LogP contribution in [0.3, 0.4) is 0 Å². The third-order valence-corrected chi connectivity index (χ3v) is 3.28. The lowest BCUT2D eigenvalue weighted by Gasteiger charge is -2.13. The van der Waals surface area contributed by atoms with Gasteiger partial charge in [-0.15, -0.1) is 0 Å². The molecule has 1 aromatic carbocycles. The summed E-state index contributed by atoms with van der Waals surface area (Å²) in [5.74, 6) is 0.247. The summed E-state index contributed by atoms with van der Waals surface area (Å²) in [5, 5.41) is 13.9. The topological polar surface area (TPSA) is 46.3 Å². The van der Waals surface area contributed by atoms with Gasteiger partial charge in [-0.05, 0) is 29.9 Å². The molecule has 0 amide bonds. The first-order valence-corrected chi connectivity index (χ1v) is 5.48. The Bertz CT molecular complexity index is 476. The predicted molar refractivity (Wildman–Crippen MR) is 58.8 cm³/mol. The molecule has 0 saturated heterocycles. The average molecular weight is 215 g/mol. The zero-order valence-corrected chi connectivity index (χ0v) is 8.84. The number of nitrogens with zero attached hydrogens (tertiary/aromatic N) is 1. The molecule has 1 aromatic heterocycles. The van der Waals surface area contributed by atoms with Crippen LogP contribution in [-0.2, 0) is 12.8 Å². The van der Waals surface area contributed by atoms with E-state index < -0.39 is 0 Å². The van der Waals surface area contributed by atoms with Gasteiger partial charge in [0.2, 0.25) is 0 Å². The van der Waals surface area contributed by atoms with E-state index in [0.29, 0.717) is 0 Å². The van der Waals surface area contributed by atoms with Gasteiger partial charge in [0.15, 0.2) is 0 Å². The Labute approximate surface area is 93.7 Å². The van der Waals surface area contributed by atoms with Crippen molar-refractivity contribution in [3.8, 4) is 0 Å². The third-order valence-electron chi connectivity index (χ3n) is 3.28. The second kappa shape index (κ2) is 3.76. The zero-order chi connectivity index (χ0) is 11.0. The molecular formula is C13H13NO2. The van der Waals surface area contributed by atoms with E-state index in [-0.39, 0.29) is 12.0 Å². The summed E-state index contributed by atoms with van der Waals surface area (Å²) in [4.78, 5) is 0. The highest BCUT2D eigenvalue weighted by molar-refractivity contribution is 5.35. The molecule has 16 heavy (non-hydrogen) atoms. The van der Waals surface area contributed by atoms with Gasteiger partial charge in [0.05, 0.1) is 12.3 Å². The molecule has 2 aromatic rings. The second-order valence-electron chi connectivity index (χ2n) is 4.34. The first-order valence-electron chi connectivity index (χ1n) is 5.48. The fraction of sp³-hybridized carbons (Fsp3) is 0.308. The summed E-state index contributed by atoms with van der Waals surface area (Å²) in [6.07, 6.45) is 4.76. The van der Waals surface area contributed by atoms with E-state index in [1.165, 1.54) is 5.56 Å². The summed E-state index contributed by atoms with van der Waals surface area (Å²) in [6.45, 7) is 0. The summed E-state index contributed by atoms with van der Waals surface area (Å²) in [7, 11) is 0. The quantitative estimate of drug-likeness (QED) is 0.834. The van der Waals surface area contributed by atoms with Gasteiger partial charge in [-0.3, -0.25) is 0 Å². The summed E-state index contributed by atoms with van der Waals surface area (Å²) in [6, 6.07) is 8.09. The van der Waals surface area contributed by atoms with E-state index in [2.05, 4.69) is 11.2 Å². The molecular weight excluding hydrogens is 202 g/mol. The highest BCUT2D eigenvalue weighted by Crippen LogP contribution is 2.37. The van der Waals surface area contributed by atoms with Gasteiger partial charge in [-0.25, -0.2) is 0 Å². The van der Waals surface area contributed by atoms with Gasteiger partial charge in [-0.2, -0.15) is 0 Å². The van der Waals surface area contributed by atoms with Crippen LogP contribution in [0.15, 0.2) is 41.2 Å². The normalized spacial score (nSPS) is 23.3. The van der Waals surface area contributed by atoms with Crippen LogP contribution in [0.1, 0.15) is 22.8 Å². The van der Waals surface area contributed by atoms with E-state index in [1.54, 1.807) is 12.5 Å². The molecule has 0 fully saturated rings. The molecule has 1 aliphatic carbocycles. The van der Waals surface area contributed by atoms with Gasteiger partial charge in [0.1, 0.15) is 6.26 Å². The van der Waals surface area contributed by atoms with Crippen molar-refractivity contribution in [1.29, 1.82) is 0 Å². The molecule has 3 nitrogen and oxygen atoms in total. The standard InChI is InChI=1S/C13H13NO2/c15-13-11(5-9-7-14-16-8-9)6-10-3-1-2-4-12(10)13/h1-4,7-8,11,13,15H,5-6H2. The maximum atomic E-state index is 10.2. The van der Waals surface area contributed by atoms with Gasteiger partial charge in [0.25, 0.3) is 0 Å². The van der Waals surface area contributed by atoms with Crippen LogP contribution in [0.2, 0.25) is 0 Å². The largest absolute Gasteiger partial charge is 0.388 e. The molecule has 1 N–H and O–H groups in total. The first-order chi connectivity index (χ1) is 7.84. The van der Waals surface area contributed by atoms with E-state index >= 15 is 0 Å². The SMILES string of the molecule is OC1c2ccccc2CC1Cc1cnoc1. The van der Waals surface area contributed by atoms with Crippen LogP contribution >= 0.6 is 0 Å². The fourth-order valence-corrected chi connectivity index (χ4v) is 2.47. The Morgan fingerprint density at radius 1 is 1.38 bits per heavy atom. The number of aliphatic hydroxyl groups is 1. The number of fused-ring (bicyclic) bond motifs is 1. The fourth-order valence-electron chi connectivity index (χ4n) is 2.47. The highest BCUT2D eigenvalue weighted by Gasteiger charge is 2.30. The van der Waals surface area contributed by atoms with Crippen molar-refractivity contribution in [1.82, 2.24) is 5.16 Å². The lowest BCUT2D eigenvalue weighted by Crippen LogP contribution is -2.09. The lowest BCUT2D eigenvalue weighted by molar-refractivity contribution is 0.123. The van der Waals surface area contributed by atoms with Gasteiger partial charge < -0.3 is 9.63 Å². The molecule has 2 atom stereocenters. The minimum atomic E-state index is -0.355. The smallest absolute Gasteiger partial charge is 0.126 e. The number of hydrogen-bond donors (Lipinski definition) is 1. The minimum absolute atomic E-state index is 0.247. The van der Waals surface area contributed by atoms with E-state index in [9.17, 15) is 5.11 Å². The van der Waals surface area contributed by atoms with Crippen molar-refractivity contribution >= 4 is 0 Å². The van der Waals surface area contributed by atoms with Crippen LogP contribution in [0.4, 0.5) is 0 Å². The highest BCUT2D eigenvalue weighted by atomic mass is 16.5. The summed E-state index contributed by atoms with van der Waals surface area (Å²) in [5.41, 5.74) is 3.39. The molecule has 0 saturated carbocycles. The number of benzene rings is 1. The van der Waals surface area contributed by atoms with Crippen LogP contribution < -0.4 is 0 Å². The number of aromatic nitrogens is 1. The molecule has 0 aliphatic heterocycles. The minimum Gasteiger partial charge on any atom is -0.388 e. The molecule has 0 spiro atoms. The molecule has 82 valence electrons. The van der Waals surface area contributed by atoms with Crippen LogP contribution in [0.25, 0.3) is 0 Å². The van der Waals surface area contributed by atoms with Crippen molar-refractivity contribution in [2.45, 2.75) is 18.9 Å². The Morgan fingerprint density at radius 2 is 2.25 bits per heavy atom. The number of hydrogen-bond acceptors (Lipinski definition) is 3. The Hall–Kier alpha value is -1.61. The van der Waals surface area contributed by atoms with Crippen molar-refractivity contribution in [3.05, 3.63) is 53.4 Å². The maximum absolute atomic E-state index is 10.2. The molecule has 3 rings (SSSR count). The Balaban J connectivity index is 1.82. The second-order valence-corrected chi connectivity index (χ2v) is 4.34. The first kappa shape index (κ1) is 9.60. The molecule has 3 heteroatoms.